The first-order chi connectivity index (χ1) is 16.5. The average Bonchev–Trinajstić information content (AvgIpc) is 2.77. The number of hydrogen-bond acceptors (Lipinski definition) is 3. The minimum Gasteiger partial charge on any atom is -0.462 e. The Morgan fingerprint density at radius 2 is 1.56 bits per heavy atom. The second-order valence-electron chi connectivity index (χ2n) is 15.6. The maximum Gasteiger partial charge on any atom is 0.302 e. The van der Waals surface area contributed by atoms with Gasteiger partial charge in [-0.25, -0.2) is 0 Å². The first kappa shape index (κ1) is 26.3. The summed E-state index contributed by atoms with van der Waals surface area (Å²) in [6, 6.07) is 0. The van der Waals surface area contributed by atoms with Crippen LogP contribution >= 0.6 is 0 Å². The van der Waals surface area contributed by atoms with Gasteiger partial charge in [0.25, 0.3) is 0 Å². The molecule has 0 heterocycles. The van der Waals surface area contributed by atoms with Crippen LogP contribution in [0.15, 0.2) is 11.6 Å². The number of fused-ring (bicyclic) bond motifs is 7. The fourth-order valence-corrected chi connectivity index (χ4v) is 11.0. The molecular weight excluding hydrogens is 446 g/mol. The highest BCUT2D eigenvalue weighted by Gasteiger charge is 2.68. The van der Waals surface area contributed by atoms with E-state index in [1.807, 2.05) is 0 Å². The van der Waals surface area contributed by atoms with Crippen molar-refractivity contribution >= 4 is 11.9 Å². The van der Waals surface area contributed by atoms with Gasteiger partial charge in [-0.1, -0.05) is 60.1 Å². The molecule has 4 heteroatoms. The molecule has 5 rings (SSSR count). The van der Waals surface area contributed by atoms with Crippen molar-refractivity contribution in [3.05, 3.63) is 11.6 Å². The van der Waals surface area contributed by atoms with Crippen molar-refractivity contribution in [2.24, 2.45) is 56.0 Å². The molecule has 2 N–H and O–H groups in total. The second-order valence-corrected chi connectivity index (χ2v) is 15.6. The Morgan fingerprint density at radius 3 is 2.19 bits per heavy atom. The van der Waals surface area contributed by atoms with Crippen molar-refractivity contribution in [2.45, 2.75) is 126 Å². The summed E-state index contributed by atoms with van der Waals surface area (Å²) >= 11 is 0. The van der Waals surface area contributed by atoms with Gasteiger partial charge in [-0.15, -0.1) is 0 Å². The fourth-order valence-electron chi connectivity index (χ4n) is 11.0. The summed E-state index contributed by atoms with van der Waals surface area (Å²) in [5.41, 5.74) is 8.18. The zero-order valence-corrected chi connectivity index (χ0v) is 24.3. The van der Waals surface area contributed by atoms with Gasteiger partial charge in [-0.05, 0) is 104 Å². The number of hydrogen-bond donors (Lipinski definition) is 1. The number of nitrogens with two attached hydrogens (primary N) is 1. The summed E-state index contributed by atoms with van der Waals surface area (Å²) in [7, 11) is 0. The van der Waals surface area contributed by atoms with Gasteiger partial charge < -0.3 is 10.5 Å². The summed E-state index contributed by atoms with van der Waals surface area (Å²) in [6.07, 6.45) is 13.8. The van der Waals surface area contributed by atoms with Gasteiger partial charge in [0, 0.05) is 17.8 Å². The number of carbonyl (C=O) groups excluding carboxylic acids is 2. The Bertz CT molecular complexity index is 999. The molecule has 0 radical (unpaired) electrons. The quantitative estimate of drug-likeness (QED) is 0.324. The van der Waals surface area contributed by atoms with Gasteiger partial charge in [0.1, 0.15) is 6.10 Å². The Kier molecular flexibility index (Phi) is 5.74. The van der Waals surface area contributed by atoms with E-state index in [1.54, 1.807) is 12.5 Å². The van der Waals surface area contributed by atoms with Crippen molar-refractivity contribution in [1.29, 1.82) is 0 Å². The van der Waals surface area contributed by atoms with Crippen LogP contribution in [0.25, 0.3) is 0 Å². The van der Waals surface area contributed by atoms with Crippen LogP contribution < -0.4 is 5.73 Å². The van der Waals surface area contributed by atoms with Crippen molar-refractivity contribution in [3.8, 4) is 0 Å². The van der Waals surface area contributed by atoms with Crippen LogP contribution in [-0.2, 0) is 14.3 Å². The molecule has 4 saturated carbocycles. The van der Waals surface area contributed by atoms with Crippen LogP contribution in [0.5, 0.6) is 0 Å². The van der Waals surface area contributed by atoms with E-state index in [0.29, 0.717) is 17.8 Å². The first-order valence-corrected chi connectivity index (χ1v) is 14.7. The number of allylic oxidation sites excluding steroid dienone is 2. The predicted octanol–water partition coefficient (Wildman–Crippen LogP) is 7.21. The highest BCUT2D eigenvalue weighted by Crippen LogP contribution is 2.75. The van der Waals surface area contributed by atoms with E-state index in [1.165, 1.54) is 25.7 Å². The molecule has 0 bridgehead atoms. The number of amides is 1. The molecule has 0 aromatic heterocycles. The molecule has 1 amide bonds. The average molecular weight is 498 g/mol. The summed E-state index contributed by atoms with van der Waals surface area (Å²) in [6.45, 7) is 18.7. The lowest BCUT2D eigenvalue weighted by atomic mass is 9.33. The van der Waals surface area contributed by atoms with Gasteiger partial charge in [-0.3, -0.25) is 9.59 Å². The lowest BCUT2D eigenvalue weighted by molar-refractivity contribution is -0.211. The third-order valence-electron chi connectivity index (χ3n) is 13.7. The van der Waals surface area contributed by atoms with E-state index >= 15 is 0 Å². The van der Waals surface area contributed by atoms with Crippen LogP contribution in [-0.4, -0.2) is 18.0 Å². The first-order valence-electron chi connectivity index (χ1n) is 14.7. The van der Waals surface area contributed by atoms with Crippen LogP contribution in [0.1, 0.15) is 120 Å². The molecule has 4 nitrogen and oxygen atoms in total. The Hall–Kier alpha value is -1.32. The van der Waals surface area contributed by atoms with Crippen LogP contribution in [0.2, 0.25) is 0 Å². The molecule has 0 spiro atoms. The predicted molar refractivity (Wildman–Crippen MR) is 144 cm³/mol. The Morgan fingerprint density at radius 1 is 0.889 bits per heavy atom. The molecule has 9 unspecified atom stereocenters. The third kappa shape index (κ3) is 3.30. The summed E-state index contributed by atoms with van der Waals surface area (Å²) < 4.78 is 5.89. The SMILES string of the molecule is CC(=O)OC1CCC2(C)C(CCC3(C)C2CC=C2C4CC(C)(C(N)=O)CCC4(C)CCC23C)C1(C)C. The number of rotatable bonds is 2. The van der Waals surface area contributed by atoms with Crippen LogP contribution in [0.3, 0.4) is 0 Å². The molecule has 5 aliphatic carbocycles. The molecule has 0 aliphatic heterocycles. The molecule has 36 heavy (non-hydrogen) atoms. The van der Waals surface area contributed by atoms with Crippen molar-refractivity contribution in [2.75, 3.05) is 0 Å². The van der Waals surface area contributed by atoms with Gasteiger partial charge in [0.05, 0.1) is 0 Å². The molecule has 5 aliphatic rings. The van der Waals surface area contributed by atoms with E-state index in [-0.39, 0.29) is 50.5 Å². The highest BCUT2D eigenvalue weighted by atomic mass is 16.5. The maximum absolute atomic E-state index is 12.5. The largest absolute Gasteiger partial charge is 0.462 e. The molecule has 4 fully saturated rings. The molecule has 0 aromatic rings. The van der Waals surface area contributed by atoms with Gasteiger partial charge in [0.15, 0.2) is 0 Å². The minimum absolute atomic E-state index is 0.0112. The number of esters is 1. The standard InChI is InChI=1S/C32H51NO3/c1-20(34)36-25-12-13-30(6)23(27(25,2)3)11-14-32(8)24(30)10-9-21-22-19-29(5,26(33)35)16-15-28(22,4)17-18-31(21,32)7/h9,22-25H,10-19H2,1-8H3,(H2,33,35). The zero-order valence-electron chi connectivity index (χ0n) is 24.3. The zero-order chi connectivity index (χ0) is 26.5. The van der Waals surface area contributed by atoms with E-state index in [2.05, 4.69) is 54.5 Å². The Labute approximate surface area is 219 Å². The maximum atomic E-state index is 12.5. The lowest BCUT2D eigenvalue weighted by Gasteiger charge is -2.71. The highest BCUT2D eigenvalue weighted by molar-refractivity contribution is 5.80. The van der Waals surface area contributed by atoms with Gasteiger partial charge in [-0.2, -0.15) is 0 Å². The molecule has 202 valence electrons. The minimum atomic E-state index is -0.385. The summed E-state index contributed by atoms with van der Waals surface area (Å²) in [5.74, 6) is 1.39. The molecule has 9 atom stereocenters. The van der Waals surface area contributed by atoms with E-state index in [9.17, 15) is 9.59 Å². The van der Waals surface area contributed by atoms with Gasteiger partial charge in [0.2, 0.25) is 5.91 Å². The second kappa shape index (κ2) is 7.85. The smallest absolute Gasteiger partial charge is 0.302 e. The monoisotopic (exact) mass is 497 g/mol. The van der Waals surface area contributed by atoms with E-state index in [0.717, 1.165) is 38.5 Å². The normalized spacial score (nSPS) is 51.5. The van der Waals surface area contributed by atoms with E-state index in [4.69, 9.17) is 10.5 Å². The van der Waals surface area contributed by atoms with Crippen molar-refractivity contribution < 1.29 is 14.3 Å². The molecular formula is C32H51NO3. The Balaban J connectivity index is 1.53. The van der Waals surface area contributed by atoms with Crippen LogP contribution in [0, 0.1) is 50.2 Å². The number of primary amides is 1. The van der Waals surface area contributed by atoms with Crippen molar-refractivity contribution in [3.63, 3.8) is 0 Å². The lowest BCUT2D eigenvalue weighted by Crippen LogP contribution is -2.64. The fraction of sp³-hybridized carbons (Fsp3) is 0.875. The topological polar surface area (TPSA) is 69.4 Å². The summed E-state index contributed by atoms with van der Waals surface area (Å²) in [5, 5.41) is 0. The molecule has 0 aromatic carbocycles. The number of ether oxygens (including phenoxy) is 1. The van der Waals surface area contributed by atoms with Crippen molar-refractivity contribution in [1.82, 2.24) is 0 Å². The van der Waals surface area contributed by atoms with Gasteiger partial charge >= 0.3 is 5.97 Å². The third-order valence-corrected chi connectivity index (χ3v) is 13.7. The van der Waals surface area contributed by atoms with Crippen LogP contribution in [0.4, 0.5) is 0 Å². The van der Waals surface area contributed by atoms with E-state index < -0.39 is 0 Å². The summed E-state index contributed by atoms with van der Waals surface area (Å²) in [4.78, 5) is 24.4. The molecule has 0 saturated heterocycles. The number of carbonyl (C=O) groups is 2.